The van der Waals surface area contributed by atoms with Gasteiger partial charge >= 0.3 is 5.97 Å². The fraction of sp³-hybridized carbons (Fsp3) is 0.381. The van der Waals surface area contributed by atoms with Crippen LogP contribution in [-0.2, 0) is 17.8 Å². The molecule has 4 rings (SSSR count). The van der Waals surface area contributed by atoms with Gasteiger partial charge in [-0.1, -0.05) is 17.7 Å². The topological polar surface area (TPSA) is 90.0 Å². The molecular weight excluding hydrogens is 426 g/mol. The van der Waals surface area contributed by atoms with Crippen molar-refractivity contribution < 1.29 is 19.5 Å². The number of halogens is 1. The van der Waals surface area contributed by atoms with Crippen LogP contribution in [0.5, 0.6) is 0 Å². The van der Waals surface area contributed by atoms with Gasteiger partial charge in [-0.2, -0.15) is 0 Å². The summed E-state index contributed by atoms with van der Waals surface area (Å²) in [5.41, 5.74) is 2.81. The van der Waals surface area contributed by atoms with Gasteiger partial charge in [0.2, 0.25) is 0 Å². The molecule has 0 spiro atoms. The average molecular weight is 448 g/mol. The first-order valence-electron chi connectivity index (χ1n) is 9.72. The van der Waals surface area contributed by atoms with E-state index in [1.807, 2.05) is 12.1 Å². The molecule has 1 saturated heterocycles. The maximum Gasteiger partial charge on any atom is 0.326 e. The number of aliphatic carboxylic acids is 1. The van der Waals surface area contributed by atoms with Gasteiger partial charge in [-0.3, -0.25) is 9.59 Å². The van der Waals surface area contributed by atoms with Gasteiger partial charge in [0, 0.05) is 37.7 Å². The zero-order valence-electron chi connectivity index (χ0n) is 16.4. The molecule has 0 saturated carbocycles. The number of thiophene rings is 1. The van der Waals surface area contributed by atoms with Gasteiger partial charge in [-0.15, -0.1) is 11.3 Å². The molecular formula is C21H22ClN3O4S. The van der Waals surface area contributed by atoms with Crippen molar-refractivity contribution in [1.82, 2.24) is 15.1 Å². The Labute approximate surface area is 183 Å². The third-order valence-electron chi connectivity index (χ3n) is 5.64. The Morgan fingerprint density at radius 1 is 1.20 bits per heavy atom. The van der Waals surface area contributed by atoms with E-state index < -0.39 is 18.1 Å². The summed E-state index contributed by atoms with van der Waals surface area (Å²) in [7, 11) is 2.06. The molecule has 2 atom stereocenters. The van der Waals surface area contributed by atoms with E-state index in [2.05, 4.69) is 17.3 Å². The summed E-state index contributed by atoms with van der Waals surface area (Å²) in [5.74, 6) is -1.70. The standard InChI is InChI=1S/C21H22ClN3O4S/c1-24-7-6-12-8-13(2-3-14(12)10-24)20(27)25-11-15(9-16(25)21(28)29)23-19(26)17-4-5-18(22)30-17/h2-5,8,15-16H,6-7,9-11H2,1H3,(H,23,26)(H,28,29)/t15?,16-/m0/s1. The Bertz CT molecular complexity index is 1010. The van der Waals surface area contributed by atoms with E-state index in [9.17, 15) is 19.5 Å². The van der Waals surface area contributed by atoms with Crippen LogP contribution < -0.4 is 5.32 Å². The number of rotatable bonds is 4. The Balaban J connectivity index is 1.50. The van der Waals surface area contributed by atoms with Gasteiger partial charge in [0.15, 0.2) is 0 Å². The molecule has 1 aromatic heterocycles. The van der Waals surface area contributed by atoms with Crippen molar-refractivity contribution in [2.24, 2.45) is 0 Å². The van der Waals surface area contributed by atoms with Gasteiger partial charge in [0.1, 0.15) is 6.04 Å². The summed E-state index contributed by atoms with van der Waals surface area (Å²) in [6.07, 6.45) is 1.03. The van der Waals surface area contributed by atoms with Crippen molar-refractivity contribution in [3.8, 4) is 0 Å². The largest absolute Gasteiger partial charge is 0.480 e. The highest BCUT2D eigenvalue weighted by molar-refractivity contribution is 7.18. The second-order valence-electron chi connectivity index (χ2n) is 7.79. The van der Waals surface area contributed by atoms with Crippen molar-refractivity contribution >= 4 is 40.7 Å². The van der Waals surface area contributed by atoms with Crippen LogP contribution in [0.25, 0.3) is 0 Å². The highest BCUT2D eigenvalue weighted by Crippen LogP contribution is 2.26. The number of benzene rings is 1. The molecule has 1 unspecified atom stereocenters. The molecule has 158 valence electrons. The molecule has 2 N–H and O–H groups in total. The molecule has 2 amide bonds. The van der Waals surface area contributed by atoms with Crippen LogP contribution in [0.15, 0.2) is 30.3 Å². The highest BCUT2D eigenvalue weighted by Gasteiger charge is 2.40. The first kappa shape index (κ1) is 20.8. The van der Waals surface area contributed by atoms with E-state index in [0.29, 0.717) is 14.8 Å². The number of carboxylic acid groups (broad SMARTS) is 1. The number of hydrogen-bond donors (Lipinski definition) is 2. The smallest absolute Gasteiger partial charge is 0.326 e. The van der Waals surface area contributed by atoms with Crippen molar-refractivity contribution in [1.29, 1.82) is 0 Å². The number of likely N-dealkylation sites (tertiary alicyclic amines) is 1. The molecule has 0 radical (unpaired) electrons. The van der Waals surface area contributed by atoms with Crippen molar-refractivity contribution in [3.63, 3.8) is 0 Å². The van der Waals surface area contributed by atoms with E-state index >= 15 is 0 Å². The van der Waals surface area contributed by atoms with Gasteiger partial charge in [-0.05, 0) is 48.9 Å². The van der Waals surface area contributed by atoms with Crippen LogP contribution in [0.1, 0.15) is 37.6 Å². The van der Waals surface area contributed by atoms with Crippen LogP contribution in [0.2, 0.25) is 4.34 Å². The second kappa shape index (κ2) is 8.37. The Morgan fingerprint density at radius 3 is 2.70 bits per heavy atom. The summed E-state index contributed by atoms with van der Waals surface area (Å²) in [6.45, 7) is 1.92. The lowest BCUT2D eigenvalue weighted by molar-refractivity contribution is -0.141. The summed E-state index contributed by atoms with van der Waals surface area (Å²) in [6, 6.07) is 7.44. The van der Waals surface area contributed by atoms with Crippen LogP contribution in [0, 0.1) is 0 Å². The average Bonchev–Trinajstić information content (AvgIpc) is 3.33. The van der Waals surface area contributed by atoms with Crippen LogP contribution in [-0.4, -0.2) is 64.9 Å². The lowest BCUT2D eigenvalue weighted by Gasteiger charge is -2.26. The zero-order valence-corrected chi connectivity index (χ0v) is 18.0. The molecule has 2 aliphatic rings. The molecule has 30 heavy (non-hydrogen) atoms. The van der Waals surface area contributed by atoms with E-state index in [1.54, 1.807) is 18.2 Å². The molecule has 1 fully saturated rings. The summed E-state index contributed by atoms with van der Waals surface area (Å²) < 4.78 is 0.505. The third-order valence-corrected chi connectivity index (χ3v) is 6.87. The van der Waals surface area contributed by atoms with Gasteiger partial charge in [-0.25, -0.2) is 4.79 Å². The van der Waals surface area contributed by atoms with Gasteiger partial charge in [0.25, 0.3) is 11.8 Å². The lowest BCUT2D eigenvalue weighted by Crippen LogP contribution is -2.41. The molecule has 0 aliphatic carbocycles. The molecule has 2 aliphatic heterocycles. The van der Waals surface area contributed by atoms with E-state index in [0.717, 1.165) is 36.4 Å². The van der Waals surface area contributed by atoms with Crippen molar-refractivity contribution in [2.45, 2.75) is 31.5 Å². The molecule has 0 bridgehead atoms. The maximum absolute atomic E-state index is 13.1. The number of nitrogens with one attached hydrogen (secondary N) is 1. The van der Waals surface area contributed by atoms with E-state index in [1.165, 1.54) is 10.5 Å². The predicted molar refractivity (Wildman–Crippen MR) is 114 cm³/mol. The number of carbonyl (C=O) groups is 3. The molecule has 2 aromatic rings. The first-order valence-corrected chi connectivity index (χ1v) is 10.9. The quantitative estimate of drug-likeness (QED) is 0.751. The Morgan fingerprint density at radius 2 is 2.00 bits per heavy atom. The van der Waals surface area contributed by atoms with Crippen molar-refractivity contribution in [3.05, 3.63) is 56.2 Å². The molecule has 3 heterocycles. The summed E-state index contributed by atoms with van der Waals surface area (Å²) >= 11 is 7.04. The van der Waals surface area contributed by atoms with Crippen LogP contribution in [0.4, 0.5) is 0 Å². The number of likely N-dealkylation sites (N-methyl/N-ethyl adjacent to an activating group) is 1. The number of amides is 2. The van der Waals surface area contributed by atoms with Crippen molar-refractivity contribution in [2.75, 3.05) is 20.1 Å². The second-order valence-corrected chi connectivity index (χ2v) is 9.51. The fourth-order valence-corrected chi connectivity index (χ4v) is 5.03. The number of carbonyl (C=O) groups excluding carboxylic acids is 2. The van der Waals surface area contributed by atoms with E-state index in [-0.39, 0.29) is 24.8 Å². The Kier molecular flexibility index (Phi) is 5.81. The minimum absolute atomic E-state index is 0.153. The van der Waals surface area contributed by atoms with E-state index in [4.69, 9.17) is 11.6 Å². The minimum atomic E-state index is -1.07. The van der Waals surface area contributed by atoms with Crippen LogP contribution >= 0.6 is 22.9 Å². The minimum Gasteiger partial charge on any atom is -0.480 e. The lowest BCUT2D eigenvalue weighted by atomic mass is 9.97. The maximum atomic E-state index is 13.1. The number of nitrogens with zero attached hydrogens (tertiary/aromatic N) is 2. The zero-order chi connectivity index (χ0) is 21.4. The fourth-order valence-electron chi connectivity index (χ4n) is 4.08. The van der Waals surface area contributed by atoms with Crippen LogP contribution in [0.3, 0.4) is 0 Å². The molecule has 1 aromatic carbocycles. The highest BCUT2D eigenvalue weighted by atomic mass is 35.5. The monoisotopic (exact) mass is 447 g/mol. The molecule has 9 heteroatoms. The predicted octanol–water partition coefficient (Wildman–Crippen LogP) is 2.49. The first-order chi connectivity index (χ1) is 14.3. The summed E-state index contributed by atoms with van der Waals surface area (Å²) in [5, 5.41) is 12.5. The SMILES string of the molecule is CN1CCc2cc(C(=O)N3CC(NC(=O)c4ccc(Cl)s4)C[C@H]3C(=O)O)ccc2C1. The normalized spacial score (nSPS) is 21.3. The Hall–Kier alpha value is -2.42. The third kappa shape index (κ3) is 4.21. The number of hydrogen-bond acceptors (Lipinski definition) is 5. The van der Waals surface area contributed by atoms with Gasteiger partial charge < -0.3 is 20.2 Å². The van der Waals surface area contributed by atoms with Gasteiger partial charge in [0.05, 0.1) is 9.21 Å². The summed E-state index contributed by atoms with van der Waals surface area (Å²) in [4.78, 5) is 41.4. The molecule has 7 nitrogen and oxygen atoms in total. The number of carboxylic acids is 1. The number of fused-ring (bicyclic) bond motifs is 1.